The Hall–Kier alpha value is -0.843. The number of ether oxygens (including phenoxy) is 2. The van der Waals surface area contributed by atoms with Crippen molar-refractivity contribution >= 4 is 10.5 Å². The summed E-state index contributed by atoms with van der Waals surface area (Å²) in [6.45, 7) is 12.2. The molecule has 0 heterocycles. The molecule has 1 aromatic rings. The summed E-state index contributed by atoms with van der Waals surface area (Å²) < 4.78 is 17.6. The molecular formula is C15H26O3Si. The van der Waals surface area contributed by atoms with Gasteiger partial charge in [0.15, 0.2) is 6.29 Å². The van der Waals surface area contributed by atoms with Crippen LogP contribution < -0.4 is 4.74 Å². The first-order valence-corrected chi connectivity index (χ1v) is 7.42. The number of benzene rings is 1. The van der Waals surface area contributed by atoms with Gasteiger partial charge in [-0.2, -0.15) is 0 Å². The maximum Gasteiger partial charge on any atom is 0.177 e. The van der Waals surface area contributed by atoms with E-state index in [9.17, 15) is 0 Å². The van der Waals surface area contributed by atoms with Crippen LogP contribution in [-0.4, -0.2) is 21.7 Å². The second-order valence-electron chi connectivity index (χ2n) is 6.55. The molecule has 0 saturated heterocycles. The molecule has 108 valence electrons. The summed E-state index contributed by atoms with van der Waals surface area (Å²) in [5.41, 5.74) is 0.444. The van der Waals surface area contributed by atoms with E-state index in [-0.39, 0.29) is 17.5 Å². The van der Waals surface area contributed by atoms with Crippen LogP contribution >= 0.6 is 0 Å². The zero-order chi connectivity index (χ0) is 14.7. The van der Waals surface area contributed by atoms with Gasteiger partial charge in [0.2, 0.25) is 0 Å². The topological polar surface area (TPSA) is 27.7 Å². The number of para-hydroxylation sites is 1. The van der Waals surface area contributed by atoms with Crippen molar-refractivity contribution in [3.05, 3.63) is 29.8 Å². The largest absolute Gasteiger partial charge is 0.488 e. The second-order valence-corrected chi connectivity index (χ2v) is 7.02. The summed E-state index contributed by atoms with van der Waals surface area (Å²) in [4.78, 5) is 0. The highest BCUT2D eigenvalue weighted by Crippen LogP contribution is 2.32. The van der Waals surface area contributed by atoms with Crippen molar-refractivity contribution in [1.82, 2.24) is 0 Å². The molecule has 3 nitrogen and oxygen atoms in total. The van der Waals surface area contributed by atoms with Gasteiger partial charge >= 0.3 is 0 Å². The van der Waals surface area contributed by atoms with Crippen LogP contribution in [0, 0.1) is 0 Å². The summed E-state index contributed by atoms with van der Waals surface area (Å²) >= 11 is 0. The molecule has 0 saturated carbocycles. The van der Waals surface area contributed by atoms with Gasteiger partial charge in [-0.05, 0) is 47.6 Å². The Morgan fingerprint density at radius 1 is 0.947 bits per heavy atom. The van der Waals surface area contributed by atoms with Gasteiger partial charge in [0.25, 0.3) is 0 Å². The quantitative estimate of drug-likeness (QED) is 0.628. The molecule has 1 unspecified atom stereocenters. The van der Waals surface area contributed by atoms with Crippen LogP contribution in [0.15, 0.2) is 24.3 Å². The molecule has 0 aromatic heterocycles. The van der Waals surface area contributed by atoms with Crippen LogP contribution in [0.3, 0.4) is 0 Å². The van der Waals surface area contributed by atoms with Crippen molar-refractivity contribution in [2.24, 2.45) is 0 Å². The Morgan fingerprint density at radius 3 is 2.00 bits per heavy atom. The SMILES string of the molecule is CC(C)(C)Oc1ccccc1C(O[SiH3])OC(C)(C)C. The van der Waals surface area contributed by atoms with Crippen molar-refractivity contribution in [1.29, 1.82) is 0 Å². The molecule has 0 fully saturated rings. The highest BCUT2D eigenvalue weighted by molar-refractivity contribution is 5.98. The van der Waals surface area contributed by atoms with E-state index in [1.165, 1.54) is 0 Å². The van der Waals surface area contributed by atoms with Crippen LogP contribution in [0.25, 0.3) is 0 Å². The highest BCUT2D eigenvalue weighted by Gasteiger charge is 2.24. The van der Waals surface area contributed by atoms with E-state index in [0.29, 0.717) is 10.5 Å². The van der Waals surface area contributed by atoms with E-state index >= 15 is 0 Å². The lowest BCUT2D eigenvalue weighted by Gasteiger charge is -2.30. The van der Waals surface area contributed by atoms with Crippen molar-refractivity contribution in [3.8, 4) is 5.75 Å². The van der Waals surface area contributed by atoms with Crippen molar-refractivity contribution < 1.29 is 13.9 Å². The molecule has 0 aliphatic heterocycles. The summed E-state index contributed by atoms with van der Waals surface area (Å²) in [6, 6.07) is 7.89. The highest BCUT2D eigenvalue weighted by atomic mass is 28.2. The molecule has 1 aromatic carbocycles. The van der Waals surface area contributed by atoms with Crippen LogP contribution in [0.4, 0.5) is 0 Å². The zero-order valence-electron chi connectivity index (χ0n) is 13.1. The molecule has 0 aliphatic carbocycles. The molecule has 0 radical (unpaired) electrons. The first kappa shape index (κ1) is 16.2. The molecule has 19 heavy (non-hydrogen) atoms. The lowest BCUT2D eigenvalue weighted by Crippen LogP contribution is -2.27. The summed E-state index contributed by atoms with van der Waals surface area (Å²) in [5, 5.41) is 0. The fourth-order valence-electron chi connectivity index (χ4n) is 1.66. The predicted molar refractivity (Wildman–Crippen MR) is 81.4 cm³/mol. The average Bonchev–Trinajstić information content (AvgIpc) is 2.23. The summed E-state index contributed by atoms with van der Waals surface area (Å²) in [6.07, 6.45) is -0.370. The third-order valence-corrected chi connectivity index (χ3v) is 2.69. The fraction of sp³-hybridized carbons (Fsp3) is 0.600. The van der Waals surface area contributed by atoms with Gasteiger partial charge in [0.1, 0.15) is 21.8 Å². The standard InChI is InChI=1S/C15H26O3Si/c1-14(2,3)16-12-10-8-7-9-11(12)13(18-19)17-15(4,5)6/h7-10,13H,1-6,19H3. The van der Waals surface area contributed by atoms with Gasteiger partial charge in [-0.1, -0.05) is 18.2 Å². The van der Waals surface area contributed by atoms with Crippen LogP contribution in [0.1, 0.15) is 53.4 Å². The average molecular weight is 282 g/mol. The first-order valence-electron chi connectivity index (χ1n) is 6.61. The molecule has 0 N–H and O–H groups in total. The summed E-state index contributed by atoms with van der Waals surface area (Å²) in [7, 11) is 0.610. The van der Waals surface area contributed by atoms with E-state index < -0.39 is 0 Å². The Labute approximate surface area is 119 Å². The maximum atomic E-state index is 5.99. The van der Waals surface area contributed by atoms with E-state index in [2.05, 4.69) is 0 Å². The number of hydrogen-bond donors (Lipinski definition) is 0. The van der Waals surface area contributed by atoms with Gasteiger partial charge in [-0.25, -0.2) is 0 Å². The van der Waals surface area contributed by atoms with Gasteiger partial charge in [0.05, 0.1) is 5.60 Å². The molecule has 1 atom stereocenters. The van der Waals surface area contributed by atoms with Gasteiger partial charge in [0, 0.05) is 5.56 Å². The minimum atomic E-state index is -0.370. The smallest absolute Gasteiger partial charge is 0.177 e. The number of hydrogen-bond acceptors (Lipinski definition) is 3. The minimum Gasteiger partial charge on any atom is -0.488 e. The zero-order valence-corrected chi connectivity index (χ0v) is 15.1. The maximum absolute atomic E-state index is 5.99. The Bertz CT molecular complexity index is 405. The van der Waals surface area contributed by atoms with Crippen molar-refractivity contribution in [2.75, 3.05) is 0 Å². The predicted octanol–water partition coefficient (Wildman–Crippen LogP) is 2.97. The lowest BCUT2D eigenvalue weighted by molar-refractivity contribution is -0.154. The normalized spacial score (nSPS) is 14.4. The third-order valence-electron chi connectivity index (χ3n) is 2.26. The number of rotatable bonds is 4. The van der Waals surface area contributed by atoms with Crippen LogP contribution in [-0.2, 0) is 9.16 Å². The van der Waals surface area contributed by atoms with E-state index in [1.54, 1.807) is 0 Å². The lowest BCUT2D eigenvalue weighted by atomic mass is 10.1. The minimum absolute atomic E-state index is 0.243. The van der Waals surface area contributed by atoms with Gasteiger partial charge < -0.3 is 13.9 Å². The molecule has 0 amide bonds. The van der Waals surface area contributed by atoms with Gasteiger partial charge in [-0.3, -0.25) is 0 Å². The first-order chi connectivity index (χ1) is 8.62. The molecular weight excluding hydrogens is 256 g/mol. The van der Waals surface area contributed by atoms with Gasteiger partial charge in [-0.15, -0.1) is 0 Å². The van der Waals surface area contributed by atoms with E-state index in [4.69, 9.17) is 13.9 Å². The Balaban J connectivity index is 3.03. The van der Waals surface area contributed by atoms with Crippen LogP contribution in [0.2, 0.25) is 0 Å². The van der Waals surface area contributed by atoms with E-state index in [1.807, 2.05) is 65.8 Å². The third kappa shape index (κ3) is 5.76. The van der Waals surface area contributed by atoms with E-state index in [0.717, 1.165) is 11.3 Å². The Morgan fingerprint density at radius 2 is 1.53 bits per heavy atom. The molecule has 0 spiro atoms. The summed E-state index contributed by atoms with van der Waals surface area (Å²) in [5.74, 6) is 0.820. The molecule has 0 bridgehead atoms. The molecule has 1 rings (SSSR count). The second kappa shape index (κ2) is 6.07. The molecule has 0 aliphatic rings. The fourth-order valence-corrected chi connectivity index (χ4v) is 2.01. The molecule has 4 heteroatoms. The van der Waals surface area contributed by atoms with Crippen molar-refractivity contribution in [2.45, 2.75) is 59.0 Å². The monoisotopic (exact) mass is 282 g/mol. The van der Waals surface area contributed by atoms with Crippen LogP contribution in [0.5, 0.6) is 5.75 Å². The Kier molecular flexibility index (Phi) is 5.18. The van der Waals surface area contributed by atoms with Crippen molar-refractivity contribution in [3.63, 3.8) is 0 Å².